The summed E-state index contributed by atoms with van der Waals surface area (Å²) >= 11 is 0.888. The number of nitrogens with zero attached hydrogens (tertiary/aromatic N) is 2. The lowest BCUT2D eigenvalue weighted by atomic mass is 9.85. The molecule has 0 aliphatic carbocycles. The molecule has 1 heterocycles. The fourth-order valence-corrected chi connectivity index (χ4v) is 6.10. The van der Waals surface area contributed by atoms with Crippen molar-refractivity contribution >= 4 is 40.7 Å². The van der Waals surface area contributed by atoms with Crippen molar-refractivity contribution in [2.45, 2.75) is 82.8 Å². The molecule has 0 saturated heterocycles. The quantitative estimate of drug-likeness (QED) is 0.450. The molecule has 0 fully saturated rings. The molecular weight excluding hydrogens is 494 g/mol. The predicted molar refractivity (Wildman–Crippen MR) is 141 cm³/mol. The fourth-order valence-electron chi connectivity index (χ4n) is 3.57. The normalized spacial score (nSPS) is 13.6. The zero-order chi connectivity index (χ0) is 25.1. The summed E-state index contributed by atoms with van der Waals surface area (Å²) in [6.45, 7) is 11.2. The van der Waals surface area contributed by atoms with E-state index in [2.05, 4.69) is 37.0 Å². The second-order valence-electron chi connectivity index (χ2n) is 9.20. The standard InChI is InChI=1S/C23H35N3O5S2.H2S/c1-13(2)16-8-15(12-31-7)9-17(14(3)4)18(16)10-20(28)26-33(24,30)21-19(11-27)25-22(32-21)23(5,6)29;/h8-9,13-14,27,29H,10-12H2,1-7H3,(H2,24,26,28,30);1H2. The highest BCUT2D eigenvalue weighted by Crippen LogP contribution is 2.33. The predicted octanol–water partition coefficient (Wildman–Crippen LogP) is 3.84. The largest absolute Gasteiger partial charge is 0.390 e. The van der Waals surface area contributed by atoms with Gasteiger partial charge in [-0.3, -0.25) is 4.79 Å². The summed E-state index contributed by atoms with van der Waals surface area (Å²) in [5.74, 6) is -0.310. The number of methoxy groups -OCH3 is 1. The average Bonchev–Trinajstić information content (AvgIpc) is 3.14. The van der Waals surface area contributed by atoms with Crippen molar-refractivity contribution in [2.24, 2.45) is 9.50 Å². The first-order valence-corrected chi connectivity index (χ1v) is 13.2. The van der Waals surface area contributed by atoms with Gasteiger partial charge in [0, 0.05) is 7.11 Å². The van der Waals surface area contributed by atoms with Crippen molar-refractivity contribution in [1.29, 1.82) is 0 Å². The maximum absolute atomic E-state index is 13.2. The van der Waals surface area contributed by atoms with E-state index in [0.717, 1.165) is 33.6 Å². The first-order chi connectivity index (χ1) is 15.2. The van der Waals surface area contributed by atoms with Crippen molar-refractivity contribution in [3.63, 3.8) is 0 Å². The highest BCUT2D eigenvalue weighted by molar-refractivity contribution is 7.93. The van der Waals surface area contributed by atoms with E-state index in [9.17, 15) is 19.2 Å². The van der Waals surface area contributed by atoms with E-state index in [1.165, 1.54) is 13.8 Å². The van der Waals surface area contributed by atoms with Crippen LogP contribution in [-0.2, 0) is 44.7 Å². The molecule has 11 heteroatoms. The molecule has 34 heavy (non-hydrogen) atoms. The summed E-state index contributed by atoms with van der Waals surface area (Å²) in [6.07, 6.45) is -0.0475. The van der Waals surface area contributed by atoms with Crippen LogP contribution < -0.4 is 5.14 Å². The Morgan fingerprint density at radius 1 is 1.24 bits per heavy atom. The topological polar surface area (TPSA) is 135 Å². The molecule has 8 nitrogen and oxygen atoms in total. The molecule has 0 aliphatic heterocycles. The van der Waals surface area contributed by atoms with Crippen molar-refractivity contribution in [1.82, 2.24) is 4.98 Å². The lowest BCUT2D eigenvalue weighted by molar-refractivity contribution is -0.117. The van der Waals surface area contributed by atoms with Gasteiger partial charge in [0.05, 0.1) is 25.3 Å². The number of nitrogens with two attached hydrogens (primary N) is 1. The van der Waals surface area contributed by atoms with Gasteiger partial charge >= 0.3 is 0 Å². The van der Waals surface area contributed by atoms with Crippen LogP contribution in [-0.4, -0.2) is 32.4 Å². The van der Waals surface area contributed by atoms with Crippen LogP contribution in [0.25, 0.3) is 0 Å². The van der Waals surface area contributed by atoms with Crippen LogP contribution in [0.1, 0.15) is 86.3 Å². The van der Waals surface area contributed by atoms with E-state index in [1.807, 2.05) is 12.1 Å². The van der Waals surface area contributed by atoms with Crippen LogP contribution >= 0.6 is 24.8 Å². The number of aliphatic hydroxyl groups excluding tert-OH is 1. The number of carbonyl (C=O) groups excluding carboxylic acids is 1. The molecule has 4 N–H and O–H groups in total. The number of thiazole rings is 1. The number of ether oxygens (including phenoxy) is 1. The first kappa shape index (κ1) is 30.7. The highest BCUT2D eigenvalue weighted by atomic mass is 32.2. The Hall–Kier alpha value is -1.34. The van der Waals surface area contributed by atoms with Gasteiger partial charge in [-0.15, -0.1) is 15.7 Å². The minimum absolute atomic E-state index is 0. The Bertz CT molecular complexity index is 1100. The summed E-state index contributed by atoms with van der Waals surface area (Å²) in [6, 6.07) is 4.07. The van der Waals surface area contributed by atoms with Crippen LogP contribution in [0, 0.1) is 0 Å². The molecule has 0 bridgehead atoms. The lowest BCUT2D eigenvalue weighted by Crippen LogP contribution is -2.17. The summed E-state index contributed by atoms with van der Waals surface area (Å²) < 4.78 is 22.4. The number of aliphatic hydroxyl groups is 2. The number of benzene rings is 1. The van der Waals surface area contributed by atoms with Crippen molar-refractivity contribution < 1.29 is 24.0 Å². The van der Waals surface area contributed by atoms with Crippen LogP contribution in [0.2, 0.25) is 0 Å². The molecule has 0 radical (unpaired) electrons. The SMILES string of the molecule is COCc1cc(C(C)C)c(CC(=O)N=S(N)(=O)c2sc(C(C)(C)O)nc2CO)c(C(C)C)c1.S. The molecule has 0 saturated carbocycles. The van der Waals surface area contributed by atoms with E-state index in [4.69, 9.17) is 9.88 Å². The number of amides is 1. The molecule has 192 valence electrons. The second kappa shape index (κ2) is 12.1. The Labute approximate surface area is 213 Å². The van der Waals surface area contributed by atoms with Gasteiger partial charge < -0.3 is 14.9 Å². The molecule has 1 amide bonds. The zero-order valence-electron chi connectivity index (χ0n) is 20.8. The number of rotatable bonds is 9. The molecule has 2 aromatic rings. The van der Waals surface area contributed by atoms with Crippen LogP contribution in [0.3, 0.4) is 0 Å². The van der Waals surface area contributed by atoms with E-state index in [-0.39, 0.29) is 46.7 Å². The van der Waals surface area contributed by atoms with Gasteiger partial charge in [-0.1, -0.05) is 39.8 Å². The van der Waals surface area contributed by atoms with Gasteiger partial charge in [0.1, 0.15) is 14.8 Å². The van der Waals surface area contributed by atoms with E-state index in [1.54, 1.807) is 7.11 Å². The van der Waals surface area contributed by atoms with Gasteiger partial charge in [-0.25, -0.2) is 14.3 Å². The molecule has 1 unspecified atom stereocenters. The number of carbonyl (C=O) groups is 1. The molecule has 1 aromatic heterocycles. The van der Waals surface area contributed by atoms with Gasteiger partial charge in [0.2, 0.25) is 0 Å². The third-order valence-corrected chi connectivity index (χ3v) is 8.51. The lowest BCUT2D eigenvalue weighted by Gasteiger charge is -2.21. The van der Waals surface area contributed by atoms with Gasteiger partial charge in [-0.2, -0.15) is 13.5 Å². The molecule has 1 atom stereocenters. The molecule has 1 aromatic carbocycles. The third-order valence-electron chi connectivity index (χ3n) is 5.10. The maximum Gasteiger partial charge on any atom is 0.259 e. The first-order valence-electron chi connectivity index (χ1n) is 10.8. The Morgan fingerprint density at radius 2 is 1.76 bits per heavy atom. The summed E-state index contributed by atoms with van der Waals surface area (Å²) in [5.41, 5.74) is 2.65. The van der Waals surface area contributed by atoms with Crippen LogP contribution in [0.5, 0.6) is 0 Å². The van der Waals surface area contributed by atoms with Crippen LogP contribution in [0.4, 0.5) is 0 Å². The Balaban J connectivity index is 0.00000578. The maximum atomic E-state index is 13.2. The summed E-state index contributed by atoms with van der Waals surface area (Å²) in [4.78, 5) is 17.1. The Morgan fingerprint density at radius 3 is 2.18 bits per heavy atom. The van der Waals surface area contributed by atoms with Crippen molar-refractivity contribution in [3.05, 3.63) is 45.1 Å². The number of hydrogen-bond acceptors (Lipinski definition) is 7. The summed E-state index contributed by atoms with van der Waals surface area (Å²) in [7, 11) is -2.01. The minimum Gasteiger partial charge on any atom is -0.390 e. The van der Waals surface area contributed by atoms with E-state index in [0.29, 0.717) is 6.61 Å². The zero-order valence-corrected chi connectivity index (χ0v) is 23.5. The second-order valence-corrected chi connectivity index (χ2v) is 12.2. The third kappa shape index (κ3) is 7.33. The molecule has 2 rings (SSSR count). The number of aromatic nitrogens is 1. The minimum atomic E-state index is -3.65. The van der Waals surface area contributed by atoms with Gasteiger partial charge in [0.25, 0.3) is 5.91 Å². The van der Waals surface area contributed by atoms with E-state index >= 15 is 0 Å². The number of hydrogen-bond donors (Lipinski definition) is 3. The van der Waals surface area contributed by atoms with E-state index < -0.39 is 28.0 Å². The molecule has 0 aliphatic rings. The van der Waals surface area contributed by atoms with Gasteiger partial charge in [0.15, 0.2) is 9.92 Å². The highest BCUT2D eigenvalue weighted by Gasteiger charge is 2.28. The molecular formula is C23H37N3O5S3. The van der Waals surface area contributed by atoms with Crippen LogP contribution in [0.15, 0.2) is 20.7 Å². The fraction of sp³-hybridized carbons (Fsp3) is 0.565. The summed E-state index contributed by atoms with van der Waals surface area (Å²) in [5, 5.41) is 26.1. The monoisotopic (exact) mass is 531 g/mol. The van der Waals surface area contributed by atoms with Crippen molar-refractivity contribution in [3.8, 4) is 0 Å². The average molecular weight is 532 g/mol. The van der Waals surface area contributed by atoms with Crippen molar-refractivity contribution in [2.75, 3.05) is 7.11 Å². The Kier molecular flexibility index (Phi) is 10.9. The van der Waals surface area contributed by atoms with Gasteiger partial charge in [-0.05, 0) is 47.9 Å². The molecule has 0 spiro atoms. The smallest absolute Gasteiger partial charge is 0.259 e.